The fourth-order valence-corrected chi connectivity index (χ4v) is 4.48. The summed E-state index contributed by atoms with van der Waals surface area (Å²) in [6, 6.07) is 3.97. The minimum Gasteiger partial charge on any atom is -0.387 e. The average molecular weight is 388 g/mol. The maximum Gasteiger partial charge on any atom is 0.274 e. The molecule has 0 bridgehead atoms. The van der Waals surface area contributed by atoms with Crippen molar-refractivity contribution in [2.45, 2.75) is 18.9 Å². The predicted molar refractivity (Wildman–Crippen MR) is 103 cm³/mol. The molecule has 7 nitrogen and oxygen atoms in total. The molecule has 0 aliphatic carbocycles. The Morgan fingerprint density at radius 3 is 2.70 bits per heavy atom. The van der Waals surface area contributed by atoms with E-state index in [9.17, 15) is 9.90 Å². The zero-order valence-corrected chi connectivity index (χ0v) is 16.0. The lowest BCUT2D eigenvalue weighted by Gasteiger charge is -2.34. The zero-order valence-electron chi connectivity index (χ0n) is 15.2. The molecule has 0 spiro atoms. The number of morpholine rings is 1. The number of ether oxygens (including phenoxy) is 1. The lowest BCUT2D eigenvalue weighted by molar-refractivity contribution is 0.0298. The minimum absolute atomic E-state index is 0.0874. The molecule has 2 fully saturated rings. The second-order valence-corrected chi connectivity index (χ2v) is 7.93. The number of piperidine rings is 1. The molecule has 27 heavy (non-hydrogen) atoms. The standard InChI is InChI=1S/C19H24N4O3S/c24-18(16-2-1-11-27-16)14-3-5-22(6-4-14)17-13-20-12-15(21-17)19(25)23-7-9-26-10-8-23/h1-2,11-14,18,24H,3-10H2. The molecule has 2 saturated heterocycles. The molecule has 2 aliphatic heterocycles. The summed E-state index contributed by atoms with van der Waals surface area (Å²) in [5, 5.41) is 12.6. The third-order valence-corrected chi connectivity index (χ3v) is 6.23. The predicted octanol–water partition coefficient (Wildman–Crippen LogP) is 1.96. The topological polar surface area (TPSA) is 78.8 Å². The van der Waals surface area contributed by atoms with Gasteiger partial charge < -0.3 is 19.6 Å². The number of carbonyl (C=O) groups excluding carboxylic acids is 1. The lowest BCUT2D eigenvalue weighted by atomic mass is 9.90. The van der Waals surface area contributed by atoms with Crippen LogP contribution in [-0.2, 0) is 4.74 Å². The minimum atomic E-state index is -0.396. The van der Waals surface area contributed by atoms with Gasteiger partial charge >= 0.3 is 0 Å². The molecule has 0 aromatic carbocycles. The van der Waals surface area contributed by atoms with Gasteiger partial charge in [0.15, 0.2) is 0 Å². The van der Waals surface area contributed by atoms with Crippen molar-refractivity contribution in [1.82, 2.24) is 14.9 Å². The van der Waals surface area contributed by atoms with Crippen LogP contribution in [0.3, 0.4) is 0 Å². The van der Waals surface area contributed by atoms with Gasteiger partial charge in [0.05, 0.1) is 31.7 Å². The van der Waals surface area contributed by atoms with Gasteiger partial charge in [-0.25, -0.2) is 4.98 Å². The molecular formula is C19H24N4O3S. The largest absolute Gasteiger partial charge is 0.387 e. The number of anilines is 1. The quantitative estimate of drug-likeness (QED) is 0.863. The summed E-state index contributed by atoms with van der Waals surface area (Å²) in [5.41, 5.74) is 0.384. The third kappa shape index (κ3) is 4.12. The van der Waals surface area contributed by atoms with Gasteiger partial charge in [-0.3, -0.25) is 9.78 Å². The van der Waals surface area contributed by atoms with Gasteiger partial charge in [-0.05, 0) is 30.2 Å². The molecule has 2 aromatic heterocycles. The third-order valence-electron chi connectivity index (χ3n) is 5.28. The first-order chi connectivity index (χ1) is 13.2. The van der Waals surface area contributed by atoms with E-state index in [1.807, 2.05) is 17.5 Å². The summed E-state index contributed by atoms with van der Waals surface area (Å²) >= 11 is 1.60. The Hall–Kier alpha value is -2.03. The summed E-state index contributed by atoms with van der Waals surface area (Å²) in [4.78, 5) is 26.4. The number of aliphatic hydroxyl groups is 1. The van der Waals surface area contributed by atoms with Gasteiger partial charge in [0.2, 0.25) is 0 Å². The highest BCUT2D eigenvalue weighted by Gasteiger charge is 2.28. The highest BCUT2D eigenvalue weighted by Crippen LogP contribution is 2.33. The van der Waals surface area contributed by atoms with Crippen LogP contribution in [0, 0.1) is 5.92 Å². The number of hydrogen-bond acceptors (Lipinski definition) is 7. The lowest BCUT2D eigenvalue weighted by Crippen LogP contribution is -2.41. The molecule has 2 aromatic rings. The molecule has 1 amide bonds. The van der Waals surface area contributed by atoms with Crippen molar-refractivity contribution in [3.63, 3.8) is 0 Å². The Kier molecular flexibility index (Phi) is 5.66. The zero-order chi connectivity index (χ0) is 18.6. The normalized spacial score (nSPS) is 19.9. The molecule has 144 valence electrons. The second-order valence-electron chi connectivity index (χ2n) is 6.95. The summed E-state index contributed by atoms with van der Waals surface area (Å²) in [6.07, 6.45) is 4.64. The van der Waals surface area contributed by atoms with Crippen molar-refractivity contribution >= 4 is 23.1 Å². The Bertz CT molecular complexity index is 756. The Morgan fingerprint density at radius 2 is 2.00 bits per heavy atom. The number of hydrogen-bond donors (Lipinski definition) is 1. The van der Waals surface area contributed by atoms with Gasteiger partial charge in [0.25, 0.3) is 5.91 Å². The number of amides is 1. The van der Waals surface area contributed by atoms with Crippen molar-refractivity contribution in [3.8, 4) is 0 Å². The number of aliphatic hydroxyl groups excluding tert-OH is 1. The van der Waals surface area contributed by atoms with E-state index in [-0.39, 0.29) is 11.8 Å². The van der Waals surface area contributed by atoms with Gasteiger partial charge in [-0.15, -0.1) is 11.3 Å². The fourth-order valence-electron chi connectivity index (χ4n) is 3.68. The van der Waals surface area contributed by atoms with E-state index >= 15 is 0 Å². The fraction of sp³-hybridized carbons (Fsp3) is 0.526. The molecule has 8 heteroatoms. The van der Waals surface area contributed by atoms with E-state index in [4.69, 9.17) is 4.74 Å². The monoisotopic (exact) mass is 388 g/mol. The van der Waals surface area contributed by atoms with Crippen molar-refractivity contribution in [1.29, 1.82) is 0 Å². The van der Waals surface area contributed by atoms with Crippen LogP contribution < -0.4 is 4.90 Å². The summed E-state index contributed by atoms with van der Waals surface area (Å²) < 4.78 is 5.30. The van der Waals surface area contributed by atoms with Crippen LogP contribution in [0.2, 0.25) is 0 Å². The smallest absolute Gasteiger partial charge is 0.274 e. The van der Waals surface area contributed by atoms with Crippen LogP contribution >= 0.6 is 11.3 Å². The molecule has 1 N–H and O–H groups in total. The van der Waals surface area contributed by atoms with E-state index < -0.39 is 6.10 Å². The summed E-state index contributed by atoms with van der Waals surface area (Å²) in [7, 11) is 0. The van der Waals surface area contributed by atoms with Crippen molar-refractivity contribution in [2.75, 3.05) is 44.3 Å². The van der Waals surface area contributed by atoms with Crippen molar-refractivity contribution < 1.29 is 14.6 Å². The van der Waals surface area contributed by atoms with E-state index in [2.05, 4.69) is 14.9 Å². The van der Waals surface area contributed by atoms with Crippen LogP contribution in [0.5, 0.6) is 0 Å². The van der Waals surface area contributed by atoms with Crippen LogP contribution in [0.1, 0.15) is 34.3 Å². The van der Waals surface area contributed by atoms with Crippen LogP contribution in [0.25, 0.3) is 0 Å². The highest BCUT2D eigenvalue weighted by molar-refractivity contribution is 7.10. The Morgan fingerprint density at radius 1 is 1.22 bits per heavy atom. The average Bonchev–Trinajstić information content (AvgIpc) is 3.28. The van der Waals surface area contributed by atoms with Crippen LogP contribution in [0.15, 0.2) is 29.9 Å². The SMILES string of the molecule is O=C(c1cncc(N2CCC(C(O)c3cccs3)CC2)n1)N1CCOCC1. The first kappa shape index (κ1) is 18.3. The van der Waals surface area contributed by atoms with Crippen LogP contribution in [0.4, 0.5) is 5.82 Å². The van der Waals surface area contributed by atoms with Crippen molar-refractivity contribution in [3.05, 3.63) is 40.5 Å². The maximum absolute atomic E-state index is 12.6. The molecule has 0 saturated carbocycles. The maximum atomic E-state index is 12.6. The molecule has 4 rings (SSSR count). The van der Waals surface area contributed by atoms with Gasteiger partial charge in [0.1, 0.15) is 11.5 Å². The number of nitrogens with zero attached hydrogens (tertiary/aromatic N) is 4. The first-order valence-corrected chi connectivity index (χ1v) is 10.3. The number of rotatable bonds is 4. The molecular weight excluding hydrogens is 364 g/mol. The Labute approximate surface area is 162 Å². The van der Waals surface area contributed by atoms with Crippen molar-refractivity contribution in [2.24, 2.45) is 5.92 Å². The first-order valence-electron chi connectivity index (χ1n) is 9.38. The van der Waals surface area contributed by atoms with E-state index in [0.717, 1.165) is 36.6 Å². The molecule has 0 radical (unpaired) electrons. The van der Waals surface area contributed by atoms with Crippen LogP contribution in [-0.4, -0.2) is 65.3 Å². The number of aromatic nitrogens is 2. The molecule has 4 heterocycles. The van der Waals surface area contributed by atoms with E-state index in [0.29, 0.717) is 32.0 Å². The van der Waals surface area contributed by atoms with Gasteiger partial charge in [-0.1, -0.05) is 6.07 Å². The Balaban J connectivity index is 1.39. The van der Waals surface area contributed by atoms with Gasteiger partial charge in [0, 0.05) is 31.1 Å². The number of thiophene rings is 1. The molecule has 1 atom stereocenters. The summed E-state index contributed by atoms with van der Waals surface area (Å²) in [6.45, 7) is 3.93. The highest BCUT2D eigenvalue weighted by atomic mass is 32.1. The molecule has 2 aliphatic rings. The van der Waals surface area contributed by atoms with E-state index in [1.165, 1.54) is 6.20 Å². The second kappa shape index (κ2) is 8.33. The van der Waals surface area contributed by atoms with E-state index in [1.54, 1.807) is 22.4 Å². The van der Waals surface area contributed by atoms with Gasteiger partial charge in [-0.2, -0.15) is 0 Å². The summed E-state index contributed by atoms with van der Waals surface area (Å²) in [5.74, 6) is 0.903. The molecule has 1 unspecified atom stereocenters. The number of carbonyl (C=O) groups is 1.